The summed E-state index contributed by atoms with van der Waals surface area (Å²) in [4.78, 5) is 4.41. The van der Waals surface area contributed by atoms with Gasteiger partial charge in [-0.05, 0) is 50.6 Å². The van der Waals surface area contributed by atoms with E-state index in [1.54, 1.807) is 18.5 Å². The molecule has 9 nitrogen and oxygen atoms in total. The molecule has 0 radical (unpaired) electrons. The van der Waals surface area contributed by atoms with Crippen LogP contribution in [0.2, 0.25) is 0 Å². The highest BCUT2D eigenvalue weighted by Crippen LogP contribution is 2.33. The molecule has 4 heterocycles. The molecule has 0 spiro atoms. The van der Waals surface area contributed by atoms with Crippen LogP contribution in [-0.4, -0.2) is 44.7 Å². The van der Waals surface area contributed by atoms with Crippen LogP contribution in [0.1, 0.15) is 41.8 Å². The summed E-state index contributed by atoms with van der Waals surface area (Å²) in [6, 6.07) is 9.70. The number of fused-ring (bicyclic) bond motifs is 1. The van der Waals surface area contributed by atoms with E-state index in [-0.39, 0.29) is 12.2 Å². The van der Waals surface area contributed by atoms with Crippen molar-refractivity contribution in [2.75, 3.05) is 13.2 Å². The van der Waals surface area contributed by atoms with Gasteiger partial charge in [0.05, 0.1) is 30.6 Å². The standard InChI is InChI=1S/C25H24N6O3/c1-14-11-28-29-15(2)23(14)16(3)33-19-4-5-22-21(9-19)24(31-30-22)18-8-17(10-26)25(27-12-18)34-20-6-7-32-13-20/h4-5,8-9,11-12,16,20H,6-7,13H2,1-3H3,(H,30,31)/t16-,20+/m1/s1. The fourth-order valence-corrected chi connectivity index (χ4v) is 4.29. The second kappa shape index (κ2) is 9.08. The van der Waals surface area contributed by atoms with Crippen LogP contribution in [0.5, 0.6) is 11.6 Å². The van der Waals surface area contributed by atoms with E-state index in [9.17, 15) is 5.26 Å². The van der Waals surface area contributed by atoms with Crippen LogP contribution < -0.4 is 9.47 Å². The Kier molecular flexibility index (Phi) is 5.82. The number of nitrogens with zero attached hydrogens (tertiary/aromatic N) is 5. The minimum Gasteiger partial charge on any atom is -0.486 e. The number of H-pyrrole nitrogens is 1. The molecule has 0 bridgehead atoms. The molecule has 3 aromatic heterocycles. The summed E-state index contributed by atoms with van der Waals surface area (Å²) in [5, 5.41) is 26.2. The van der Waals surface area contributed by atoms with Gasteiger partial charge in [0.2, 0.25) is 5.88 Å². The second-order valence-corrected chi connectivity index (χ2v) is 8.36. The van der Waals surface area contributed by atoms with Crippen molar-refractivity contribution in [3.8, 4) is 29.0 Å². The summed E-state index contributed by atoms with van der Waals surface area (Å²) in [5.41, 5.74) is 5.52. The average molecular weight is 457 g/mol. The van der Waals surface area contributed by atoms with Gasteiger partial charge in [-0.2, -0.15) is 20.6 Å². The Morgan fingerprint density at radius 2 is 2.12 bits per heavy atom. The Hall–Kier alpha value is -4.03. The molecule has 0 amide bonds. The first-order valence-electron chi connectivity index (χ1n) is 11.1. The molecule has 0 aliphatic carbocycles. The normalized spacial score (nSPS) is 16.4. The molecule has 1 N–H and O–H groups in total. The number of benzene rings is 1. The number of hydrogen-bond acceptors (Lipinski definition) is 8. The van der Waals surface area contributed by atoms with Crippen molar-refractivity contribution in [1.29, 1.82) is 5.26 Å². The number of aryl methyl sites for hydroxylation is 2. The molecule has 1 aliphatic heterocycles. The fraction of sp³-hybridized carbons (Fsp3) is 0.320. The lowest BCUT2D eigenvalue weighted by atomic mass is 10.0. The number of pyridine rings is 1. The van der Waals surface area contributed by atoms with E-state index < -0.39 is 0 Å². The predicted octanol–water partition coefficient (Wildman–Crippen LogP) is 4.21. The van der Waals surface area contributed by atoms with Gasteiger partial charge in [0.1, 0.15) is 35.3 Å². The highest BCUT2D eigenvalue weighted by molar-refractivity contribution is 5.93. The SMILES string of the molecule is Cc1cnnc(C)c1[C@@H](C)Oc1ccc2[nH]nc(-c3cnc(O[C@H]4CCOC4)c(C#N)c3)c2c1. The molecule has 172 valence electrons. The first-order valence-corrected chi connectivity index (χ1v) is 11.1. The van der Waals surface area contributed by atoms with Crippen molar-refractivity contribution in [3.05, 3.63) is 59.0 Å². The first-order chi connectivity index (χ1) is 16.5. The monoisotopic (exact) mass is 456 g/mol. The van der Waals surface area contributed by atoms with Crippen molar-refractivity contribution in [2.24, 2.45) is 0 Å². The summed E-state index contributed by atoms with van der Waals surface area (Å²) in [7, 11) is 0. The highest BCUT2D eigenvalue weighted by Gasteiger charge is 2.21. The van der Waals surface area contributed by atoms with Crippen LogP contribution in [0.25, 0.3) is 22.2 Å². The number of rotatable bonds is 6. The van der Waals surface area contributed by atoms with Crippen molar-refractivity contribution < 1.29 is 14.2 Å². The third-order valence-electron chi connectivity index (χ3n) is 5.94. The van der Waals surface area contributed by atoms with E-state index in [4.69, 9.17) is 14.2 Å². The molecule has 9 heteroatoms. The molecular weight excluding hydrogens is 432 g/mol. The van der Waals surface area contributed by atoms with Crippen LogP contribution in [0.3, 0.4) is 0 Å². The highest BCUT2D eigenvalue weighted by atomic mass is 16.5. The molecule has 2 atom stereocenters. The van der Waals surface area contributed by atoms with Gasteiger partial charge in [0, 0.05) is 29.1 Å². The van der Waals surface area contributed by atoms with Crippen LogP contribution in [0.4, 0.5) is 0 Å². The number of aromatic amines is 1. The Morgan fingerprint density at radius 1 is 1.24 bits per heavy atom. The average Bonchev–Trinajstić information content (AvgIpc) is 3.49. The Morgan fingerprint density at radius 3 is 2.88 bits per heavy atom. The maximum Gasteiger partial charge on any atom is 0.232 e. The molecule has 1 aliphatic rings. The molecule has 4 aromatic rings. The van der Waals surface area contributed by atoms with E-state index in [0.29, 0.717) is 41.7 Å². The number of hydrogen-bond donors (Lipinski definition) is 1. The van der Waals surface area contributed by atoms with Crippen LogP contribution >= 0.6 is 0 Å². The molecule has 1 fully saturated rings. The molecular formula is C25H24N6O3. The fourth-order valence-electron chi connectivity index (χ4n) is 4.29. The lowest BCUT2D eigenvalue weighted by molar-refractivity contribution is 0.138. The lowest BCUT2D eigenvalue weighted by Gasteiger charge is -2.18. The van der Waals surface area contributed by atoms with Crippen LogP contribution in [0.15, 0.2) is 36.7 Å². The quantitative estimate of drug-likeness (QED) is 0.458. The Labute approximate surface area is 196 Å². The third-order valence-corrected chi connectivity index (χ3v) is 5.94. The van der Waals surface area contributed by atoms with Crippen molar-refractivity contribution in [3.63, 3.8) is 0 Å². The minimum atomic E-state index is -0.203. The molecule has 34 heavy (non-hydrogen) atoms. The maximum atomic E-state index is 9.66. The molecule has 0 unspecified atom stereocenters. The van der Waals surface area contributed by atoms with Crippen LogP contribution in [0, 0.1) is 25.2 Å². The van der Waals surface area contributed by atoms with Crippen molar-refractivity contribution >= 4 is 10.9 Å². The van der Waals surface area contributed by atoms with E-state index in [1.807, 2.05) is 39.0 Å². The smallest absolute Gasteiger partial charge is 0.232 e. The number of nitrogens with one attached hydrogen (secondary N) is 1. The summed E-state index contributed by atoms with van der Waals surface area (Å²) in [6.07, 6.45) is 3.92. The van der Waals surface area contributed by atoms with E-state index in [0.717, 1.165) is 34.1 Å². The van der Waals surface area contributed by atoms with Crippen molar-refractivity contribution in [1.82, 2.24) is 25.4 Å². The first kappa shape index (κ1) is 21.8. The second-order valence-electron chi connectivity index (χ2n) is 8.36. The predicted molar refractivity (Wildman–Crippen MR) is 124 cm³/mol. The third kappa shape index (κ3) is 4.16. The van der Waals surface area contributed by atoms with Gasteiger partial charge in [-0.15, -0.1) is 0 Å². The van der Waals surface area contributed by atoms with Gasteiger partial charge in [-0.1, -0.05) is 0 Å². The van der Waals surface area contributed by atoms with E-state index in [2.05, 4.69) is 31.4 Å². The topological polar surface area (TPSA) is 119 Å². The molecule has 0 saturated carbocycles. The van der Waals surface area contributed by atoms with E-state index >= 15 is 0 Å². The molecule has 1 aromatic carbocycles. The number of nitriles is 1. The zero-order valence-electron chi connectivity index (χ0n) is 19.2. The lowest BCUT2D eigenvalue weighted by Crippen LogP contribution is -2.17. The molecule has 5 rings (SSSR count). The minimum absolute atomic E-state index is 0.0822. The Balaban J connectivity index is 1.45. The van der Waals surface area contributed by atoms with Gasteiger partial charge in [-0.25, -0.2) is 4.98 Å². The number of aromatic nitrogens is 5. The largest absolute Gasteiger partial charge is 0.486 e. The van der Waals surface area contributed by atoms with Gasteiger partial charge >= 0.3 is 0 Å². The zero-order chi connectivity index (χ0) is 23.7. The van der Waals surface area contributed by atoms with Crippen molar-refractivity contribution in [2.45, 2.75) is 39.4 Å². The summed E-state index contributed by atoms with van der Waals surface area (Å²) >= 11 is 0. The number of ether oxygens (including phenoxy) is 3. The summed E-state index contributed by atoms with van der Waals surface area (Å²) < 4.78 is 17.5. The molecule has 1 saturated heterocycles. The maximum absolute atomic E-state index is 9.66. The van der Waals surface area contributed by atoms with Gasteiger partial charge in [0.15, 0.2) is 0 Å². The Bertz CT molecular complexity index is 1370. The van der Waals surface area contributed by atoms with Gasteiger partial charge < -0.3 is 14.2 Å². The van der Waals surface area contributed by atoms with E-state index in [1.165, 1.54) is 0 Å². The van der Waals surface area contributed by atoms with Gasteiger partial charge in [-0.3, -0.25) is 5.10 Å². The zero-order valence-corrected chi connectivity index (χ0v) is 19.2. The van der Waals surface area contributed by atoms with Crippen LogP contribution in [-0.2, 0) is 4.74 Å². The summed E-state index contributed by atoms with van der Waals surface area (Å²) in [6.45, 7) is 7.09. The van der Waals surface area contributed by atoms with Gasteiger partial charge in [0.25, 0.3) is 0 Å². The summed E-state index contributed by atoms with van der Waals surface area (Å²) in [5.74, 6) is 1.02.